The number of hydrogen-bond acceptors (Lipinski definition) is 3. The molecule has 0 aromatic heterocycles. The maximum absolute atomic E-state index is 12.8. The highest BCUT2D eigenvalue weighted by molar-refractivity contribution is 5.67. The number of benzene rings is 2. The highest BCUT2D eigenvalue weighted by Crippen LogP contribution is 2.67. The van der Waals surface area contributed by atoms with Crippen LogP contribution in [0, 0.1) is 46.3 Å². The molecule has 8 atom stereocenters. The Bertz CT molecular complexity index is 1280. The first-order valence-electron chi connectivity index (χ1n) is 17.4. The summed E-state index contributed by atoms with van der Waals surface area (Å²) < 4.78 is 11.5. The van der Waals surface area contributed by atoms with Gasteiger partial charge in [-0.15, -0.1) is 0 Å². The molecule has 4 aliphatic rings. The summed E-state index contributed by atoms with van der Waals surface area (Å²) >= 11 is 0. The average Bonchev–Trinajstić information content (AvgIpc) is 3.35. The van der Waals surface area contributed by atoms with Crippen molar-refractivity contribution in [2.24, 2.45) is 46.3 Å². The summed E-state index contributed by atoms with van der Waals surface area (Å²) in [5, 5.41) is 0. The molecule has 0 N–H and O–H groups in total. The fourth-order valence-electron chi connectivity index (χ4n) is 10.4. The van der Waals surface area contributed by atoms with Crippen LogP contribution in [0.25, 0.3) is 11.1 Å². The van der Waals surface area contributed by atoms with Gasteiger partial charge in [-0.3, -0.25) is 0 Å². The van der Waals surface area contributed by atoms with Crippen molar-refractivity contribution in [3.8, 4) is 16.9 Å². The van der Waals surface area contributed by atoms with E-state index in [0.29, 0.717) is 11.2 Å². The van der Waals surface area contributed by atoms with Gasteiger partial charge >= 0.3 is 6.16 Å². The minimum Gasteiger partial charge on any atom is -0.430 e. The molecule has 3 nitrogen and oxygen atoms in total. The Hall–Kier alpha value is -2.55. The van der Waals surface area contributed by atoms with E-state index >= 15 is 0 Å². The fourth-order valence-corrected chi connectivity index (χ4v) is 10.4. The second-order valence-corrected chi connectivity index (χ2v) is 15.5. The van der Waals surface area contributed by atoms with Gasteiger partial charge in [-0.25, -0.2) is 4.79 Å². The Labute approximate surface area is 260 Å². The molecule has 1 unspecified atom stereocenters. The third-order valence-corrected chi connectivity index (χ3v) is 12.7. The van der Waals surface area contributed by atoms with Crippen LogP contribution in [-0.2, 0) is 4.74 Å². The van der Waals surface area contributed by atoms with Crippen LogP contribution >= 0.6 is 0 Å². The lowest BCUT2D eigenvalue weighted by Crippen LogP contribution is -2.51. The van der Waals surface area contributed by atoms with Gasteiger partial charge in [0.05, 0.1) is 0 Å². The number of hydrogen-bond donors (Lipinski definition) is 0. The van der Waals surface area contributed by atoms with Crippen molar-refractivity contribution in [1.82, 2.24) is 0 Å². The maximum Gasteiger partial charge on any atom is 0.514 e. The summed E-state index contributed by atoms with van der Waals surface area (Å²) in [5.74, 6) is 5.56. The zero-order valence-corrected chi connectivity index (χ0v) is 27.3. The molecule has 0 heterocycles. The number of fused-ring (bicyclic) bond motifs is 5. The summed E-state index contributed by atoms with van der Waals surface area (Å²) in [6.07, 6.45) is 15.8. The van der Waals surface area contributed by atoms with Crippen LogP contribution in [0.5, 0.6) is 5.75 Å². The van der Waals surface area contributed by atoms with Crippen LogP contribution in [0.1, 0.15) is 105 Å². The Kier molecular flexibility index (Phi) is 8.82. The molecule has 0 spiro atoms. The van der Waals surface area contributed by atoms with Crippen LogP contribution in [0.15, 0.2) is 66.2 Å². The third-order valence-electron chi connectivity index (χ3n) is 12.7. The van der Waals surface area contributed by atoms with E-state index in [4.69, 9.17) is 9.47 Å². The standard InChI is InChI=1S/C40H54O3/c1-27(2)10-9-11-28(3)35-20-21-36-34-19-16-31-26-33(22-24-39(31,4)37(34)23-25-40(35,36)5)43-38(41)42-32-17-14-30(15-18-32)29-12-7-6-8-13-29/h6-8,12-18,27-28,33-37H,9-11,19-26H2,1-5H3/t28-,33?,34+,35-,36+,37+,39+,40-/m1/s1. The Morgan fingerprint density at radius 1 is 0.860 bits per heavy atom. The van der Waals surface area contributed by atoms with Crippen LogP contribution in [0.4, 0.5) is 4.79 Å². The van der Waals surface area contributed by atoms with E-state index in [1.54, 1.807) is 5.57 Å². The van der Waals surface area contributed by atoms with E-state index in [9.17, 15) is 4.79 Å². The van der Waals surface area contributed by atoms with Crippen molar-refractivity contribution in [3.63, 3.8) is 0 Å². The normalized spacial score (nSPS) is 34.0. The first-order valence-corrected chi connectivity index (χ1v) is 17.4. The summed E-state index contributed by atoms with van der Waals surface area (Å²) in [6, 6.07) is 17.9. The van der Waals surface area contributed by atoms with E-state index < -0.39 is 6.16 Å². The van der Waals surface area contributed by atoms with E-state index in [1.165, 1.54) is 51.4 Å². The van der Waals surface area contributed by atoms with Crippen LogP contribution in [0.3, 0.4) is 0 Å². The molecule has 2 aromatic rings. The van der Waals surface area contributed by atoms with Gasteiger partial charge in [-0.1, -0.05) is 108 Å². The van der Waals surface area contributed by atoms with E-state index in [1.807, 2.05) is 42.5 Å². The molecule has 2 aromatic carbocycles. The van der Waals surface area contributed by atoms with Crippen molar-refractivity contribution in [1.29, 1.82) is 0 Å². The molecule has 0 amide bonds. The summed E-state index contributed by atoms with van der Waals surface area (Å²) in [5.41, 5.74) is 4.56. The zero-order valence-electron chi connectivity index (χ0n) is 27.3. The SMILES string of the molecule is CC(C)CCC[C@@H](C)[C@H]1CC[C@H]2[C@@H]3CC=C4CC(OC(=O)Oc5ccc(-c6ccccc6)cc5)CC[C@]4(C)[C@H]3CC[C@]12C. The van der Waals surface area contributed by atoms with E-state index in [-0.39, 0.29) is 11.5 Å². The fraction of sp³-hybridized carbons (Fsp3) is 0.625. The molecule has 0 aliphatic heterocycles. The molecule has 3 heteroatoms. The molecule has 43 heavy (non-hydrogen) atoms. The summed E-state index contributed by atoms with van der Waals surface area (Å²) in [4.78, 5) is 12.8. The van der Waals surface area contributed by atoms with Gasteiger partial charge < -0.3 is 9.47 Å². The highest BCUT2D eigenvalue weighted by atomic mass is 16.7. The second kappa shape index (κ2) is 12.4. The minimum absolute atomic E-state index is 0.0941. The molecule has 0 bridgehead atoms. The molecular formula is C40H54O3. The minimum atomic E-state index is -0.580. The lowest BCUT2D eigenvalue weighted by atomic mass is 9.47. The smallest absolute Gasteiger partial charge is 0.430 e. The monoisotopic (exact) mass is 582 g/mol. The van der Waals surface area contributed by atoms with Gasteiger partial charge in [-0.05, 0) is 115 Å². The van der Waals surface area contributed by atoms with Crippen LogP contribution in [0.2, 0.25) is 0 Å². The molecule has 4 aliphatic carbocycles. The number of allylic oxidation sites excluding steroid dienone is 1. The molecule has 3 saturated carbocycles. The van der Waals surface area contributed by atoms with Crippen molar-refractivity contribution in [3.05, 3.63) is 66.2 Å². The number of carbonyl (C=O) groups excluding carboxylic acids is 1. The average molecular weight is 583 g/mol. The number of carbonyl (C=O) groups is 1. The molecule has 0 radical (unpaired) electrons. The largest absolute Gasteiger partial charge is 0.514 e. The Morgan fingerprint density at radius 3 is 2.35 bits per heavy atom. The number of ether oxygens (including phenoxy) is 2. The van der Waals surface area contributed by atoms with E-state index in [2.05, 4.69) is 52.8 Å². The van der Waals surface area contributed by atoms with Gasteiger partial charge in [-0.2, -0.15) is 0 Å². The van der Waals surface area contributed by atoms with Crippen LogP contribution in [-0.4, -0.2) is 12.3 Å². The Balaban J connectivity index is 1.06. The predicted octanol–water partition coefficient (Wildman–Crippen LogP) is 11.3. The molecule has 3 fully saturated rings. The van der Waals surface area contributed by atoms with E-state index in [0.717, 1.165) is 65.9 Å². The molecule has 0 saturated heterocycles. The second-order valence-electron chi connectivity index (χ2n) is 15.5. The van der Waals surface area contributed by atoms with Crippen LogP contribution < -0.4 is 4.74 Å². The Morgan fingerprint density at radius 2 is 1.60 bits per heavy atom. The zero-order chi connectivity index (χ0) is 30.2. The molecule has 6 rings (SSSR count). The van der Waals surface area contributed by atoms with Crippen molar-refractivity contribution in [2.75, 3.05) is 0 Å². The summed E-state index contributed by atoms with van der Waals surface area (Å²) in [7, 11) is 0. The van der Waals surface area contributed by atoms with Gasteiger partial charge in [0.15, 0.2) is 0 Å². The lowest BCUT2D eigenvalue weighted by molar-refractivity contribution is -0.0597. The molecule has 232 valence electrons. The molecular weight excluding hydrogens is 528 g/mol. The van der Waals surface area contributed by atoms with Gasteiger partial charge in [0.2, 0.25) is 0 Å². The van der Waals surface area contributed by atoms with Crippen molar-refractivity contribution < 1.29 is 14.3 Å². The first-order chi connectivity index (χ1) is 20.7. The number of rotatable bonds is 8. The van der Waals surface area contributed by atoms with Crippen molar-refractivity contribution in [2.45, 2.75) is 111 Å². The third kappa shape index (κ3) is 6.07. The topological polar surface area (TPSA) is 35.5 Å². The van der Waals surface area contributed by atoms with Gasteiger partial charge in [0, 0.05) is 6.42 Å². The quantitative estimate of drug-likeness (QED) is 0.176. The maximum atomic E-state index is 12.8. The lowest BCUT2D eigenvalue weighted by Gasteiger charge is -2.58. The van der Waals surface area contributed by atoms with Crippen molar-refractivity contribution >= 4 is 6.16 Å². The summed E-state index contributed by atoms with van der Waals surface area (Å²) in [6.45, 7) is 12.5. The highest BCUT2D eigenvalue weighted by Gasteiger charge is 2.59. The van der Waals surface area contributed by atoms with Gasteiger partial charge in [0.25, 0.3) is 0 Å². The van der Waals surface area contributed by atoms with Gasteiger partial charge in [0.1, 0.15) is 11.9 Å². The predicted molar refractivity (Wildman–Crippen MR) is 176 cm³/mol. The first kappa shape index (κ1) is 30.5.